The lowest BCUT2D eigenvalue weighted by atomic mass is 10.3. The molecule has 14 heavy (non-hydrogen) atoms. The summed E-state index contributed by atoms with van der Waals surface area (Å²) in [6.45, 7) is 8.32. The Morgan fingerprint density at radius 2 is 1.93 bits per heavy atom. The van der Waals surface area contributed by atoms with Crippen LogP contribution in [-0.2, 0) is 6.42 Å². The van der Waals surface area contributed by atoms with Gasteiger partial charge in [0.05, 0.1) is 5.69 Å². The number of imidazole rings is 1. The number of nitrogens with zero attached hydrogens (tertiary/aromatic N) is 3. The predicted octanol–water partition coefficient (Wildman–Crippen LogP) is 2.22. The molecule has 0 aliphatic carbocycles. The number of fused-ring (bicyclic) bond motifs is 1. The fraction of sp³-hybridized carbons (Fsp3) is 0.455. The van der Waals surface area contributed by atoms with E-state index in [1.807, 2.05) is 6.92 Å². The van der Waals surface area contributed by atoms with Crippen molar-refractivity contribution in [1.29, 1.82) is 0 Å². The lowest BCUT2D eigenvalue weighted by Gasteiger charge is -2.02. The molecule has 0 saturated carbocycles. The molecule has 3 nitrogen and oxygen atoms in total. The van der Waals surface area contributed by atoms with Crippen LogP contribution in [0.3, 0.4) is 0 Å². The van der Waals surface area contributed by atoms with Gasteiger partial charge in [0.15, 0.2) is 0 Å². The highest BCUT2D eigenvalue weighted by molar-refractivity contribution is 5.38. The molecule has 0 saturated heterocycles. The molecule has 0 bridgehead atoms. The minimum atomic E-state index is 0.830. The van der Waals surface area contributed by atoms with Gasteiger partial charge in [-0.1, -0.05) is 6.92 Å². The van der Waals surface area contributed by atoms with Gasteiger partial charge >= 0.3 is 0 Å². The zero-order valence-corrected chi connectivity index (χ0v) is 9.13. The fourth-order valence-corrected chi connectivity index (χ4v) is 1.92. The molecule has 2 aromatic rings. The SMILES string of the molecule is CCc1nc2nc(C)cc(C)n2c1C. The van der Waals surface area contributed by atoms with Crippen LogP contribution in [-0.4, -0.2) is 14.4 Å². The molecule has 74 valence electrons. The number of aromatic nitrogens is 3. The highest BCUT2D eigenvalue weighted by Crippen LogP contribution is 2.14. The number of hydrogen-bond donors (Lipinski definition) is 0. The molecule has 0 spiro atoms. The van der Waals surface area contributed by atoms with E-state index in [4.69, 9.17) is 0 Å². The average Bonchev–Trinajstić information content (AvgIpc) is 2.42. The first kappa shape index (κ1) is 9.19. The summed E-state index contributed by atoms with van der Waals surface area (Å²) >= 11 is 0. The van der Waals surface area contributed by atoms with E-state index in [1.165, 1.54) is 11.4 Å². The van der Waals surface area contributed by atoms with Crippen molar-refractivity contribution in [3.63, 3.8) is 0 Å². The van der Waals surface area contributed by atoms with Crippen LogP contribution in [0.2, 0.25) is 0 Å². The fourth-order valence-electron chi connectivity index (χ4n) is 1.92. The van der Waals surface area contributed by atoms with Gasteiger partial charge in [-0.3, -0.25) is 4.40 Å². The summed E-state index contributed by atoms with van der Waals surface area (Å²) in [5, 5.41) is 0. The molecule has 0 radical (unpaired) electrons. The predicted molar refractivity (Wildman–Crippen MR) is 56.6 cm³/mol. The molecule has 0 aromatic carbocycles. The Balaban J connectivity index is 2.85. The Morgan fingerprint density at radius 1 is 1.21 bits per heavy atom. The van der Waals surface area contributed by atoms with Gasteiger partial charge in [0.1, 0.15) is 0 Å². The molecule has 0 N–H and O–H groups in total. The Kier molecular flexibility index (Phi) is 2.02. The third-order valence-electron chi connectivity index (χ3n) is 2.57. The molecule has 0 atom stereocenters. The van der Waals surface area contributed by atoms with E-state index in [1.54, 1.807) is 0 Å². The van der Waals surface area contributed by atoms with E-state index in [9.17, 15) is 0 Å². The highest BCUT2D eigenvalue weighted by Gasteiger charge is 2.09. The lowest BCUT2D eigenvalue weighted by molar-refractivity contribution is 0.970. The number of hydrogen-bond acceptors (Lipinski definition) is 2. The van der Waals surface area contributed by atoms with Gasteiger partial charge in [-0.2, -0.15) is 0 Å². The van der Waals surface area contributed by atoms with E-state index >= 15 is 0 Å². The zero-order valence-electron chi connectivity index (χ0n) is 9.13. The Morgan fingerprint density at radius 3 is 2.57 bits per heavy atom. The first-order chi connectivity index (χ1) is 6.63. The van der Waals surface area contributed by atoms with Crippen LogP contribution in [0, 0.1) is 20.8 Å². The maximum Gasteiger partial charge on any atom is 0.234 e. The van der Waals surface area contributed by atoms with Crippen molar-refractivity contribution in [1.82, 2.24) is 14.4 Å². The largest absolute Gasteiger partial charge is 0.285 e. The summed E-state index contributed by atoms with van der Waals surface area (Å²) < 4.78 is 2.12. The van der Waals surface area contributed by atoms with Gasteiger partial charge in [-0.05, 0) is 33.3 Å². The summed E-state index contributed by atoms with van der Waals surface area (Å²) in [7, 11) is 0. The molecule has 2 heterocycles. The monoisotopic (exact) mass is 189 g/mol. The second-order valence-electron chi connectivity index (χ2n) is 3.67. The molecule has 0 aliphatic heterocycles. The first-order valence-electron chi connectivity index (χ1n) is 4.95. The van der Waals surface area contributed by atoms with Gasteiger partial charge < -0.3 is 0 Å². The zero-order chi connectivity index (χ0) is 10.3. The quantitative estimate of drug-likeness (QED) is 0.688. The van der Waals surface area contributed by atoms with Gasteiger partial charge in [-0.25, -0.2) is 9.97 Å². The topological polar surface area (TPSA) is 30.2 Å². The van der Waals surface area contributed by atoms with Crippen molar-refractivity contribution in [2.45, 2.75) is 34.1 Å². The molecular weight excluding hydrogens is 174 g/mol. The lowest BCUT2D eigenvalue weighted by Crippen LogP contribution is -1.97. The van der Waals surface area contributed by atoms with Crippen LogP contribution >= 0.6 is 0 Å². The minimum absolute atomic E-state index is 0.830. The third kappa shape index (κ3) is 1.20. The van der Waals surface area contributed by atoms with Crippen molar-refractivity contribution in [2.24, 2.45) is 0 Å². The first-order valence-corrected chi connectivity index (χ1v) is 4.95. The average molecular weight is 189 g/mol. The highest BCUT2D eigenvalue weighted by atomic mass is 15.1. The molecule has 0 unspecified atom stereocenters. The van der Waals surface area contributed by atoms with E-state index in [0.717, 1.165) is 23.6 Å². The summed E-state index contributed by atoms with van der Waals surface area (Å²) in [5.41, 5.74) is 4.60. The third-order valence-corrected chi connectivity index (χ3v) is 2.57. The van der Waals surface area contributed by atoms with Crippen molar-refractivity contribution in [3.8, 4) is 0 Å². The second kappa shape index (κ2) is 3.08. The molecule has 0 aliphatic rings. The Hall–Kier alpha value is -1.38. The summed E-state index contributed by atoms with van der Waals surface area (Å²) in [6, 6.07) is 2.08. The van der Waals surface area contributed by atoms with E-state index < -0.39 is 0 Å². The molecule has 2 aromatic heterocycles. The van der Waals surface area contributed by atoms with Crippen LogP contribution in [0.1, 0.15) is 29.7 Å². The van der Waals surface area contributed by atoms with Crippen LogP contribution in [0.25, 0.3) is 5.78 Å². The number of rotatable bonds is 1. The van der Waals surface area contributed by atoms with Crippen molar-refractivity contribution in [3.05, 3.63) is 28.8 Å². The minimum Gasteiger partial charge on any atom is -0.285 e. The summed E-state index contributed by atoms with van der Waals surface area (Å²) in [4.78, 5) is 8.92. The molecule has 2 rings (SSSR count). The van der Waals surface area contributed by atoms with Crippen molar-refractivity contribution < 1.29 is 0 Å². The summed E-state index contributed by atoms with van der Waals surface area (Å²) in [5.74, 6) is 0.830. The number of aryl methyl sites for hydroxylation is 4. The van der Waals surface area contributed by atoms with Crippen LogP contribution in [0.4, 0.5) is 0 Å². The maximum absolute atomic E-state index is 4.50. The van der Waals surface area contributed by atoms with Crippen LogP contribution in [0.15, 0.2) is 6.07 Å². The van der Waals surface area contributed by atoms with Crippen molar-refractivity contribution in [2.75, 3.05) is 0 Å². The van der Waals surface area contributed by atoms with E-state index in [-0.39, 0.29) is 0 Å². The second-order valence-corrected chi connectivity index (χ2v) is 3.67. The Bertz CT molecular complexity index is 483. The molecule has 0 fully saturated rings. The van der Waals surface area contributed by atoms with Gasteiger partial charge in [0, 0.05) is 17.1 Å². The van der Waals surface area contributed by atoms with Gasteiger partial charge in [0.25, 0.3) is 0 Å². The molecule has 0 amide bonds. The Labute approximate surface area is 83.8 Å². The van der Waals surface area contributed by atoms with Gasteiger partial charge in [0.2, 0.25) is 5.78 Å². The molecule has 3 heteroatoms. The van der Waals surface area contributed by atoms with Gasteiger partial charge in [-0.15, -0.1) is 0 Å². The van der Waals surface area contributed by atoms with Crippen LogP contribution < -0.4 is 0 Å². The normalized spacial score (nSPS) is 11.1. The molecular formula is C11H15N3. The van der Waals surface area contributed by atoms with Crippen molar-refractivity contribution >= 4 is 5.78 Å². The maximum atomic E-state index is 4.50. The van der Waals surface area contributed by atoms with E-state index in [2.05, 4.69) is 41.2 Å². The smallest absolute Gasteiger partial charge is 0.234 e. The van der Waals surface area contributed by atoms with Crippen LogP contribution in [0.5, 0.6) is 0 Å². The standard InChI is InChI=1S/C11H15N3/c1-5-10-9(4)14-8(3)6-7(2)12-11(14)13-10/h6H,5H2,1-4H3. The van der Waals surface area contributed by atoms with E-state index in [0.29, 0.717) is 0 Å². The summed E-state index contributed by atoms with van der Waals surface area (Å²) in [6.07, 6.45) is 0.966.